The van der Waals surface area contributed by atoms with Crippen LogP contribution in [0.3, 0.4) is 0 Å². The maximum absolute atomic E-state index is 4.69. The first-order valence-electron chi connectivity index (χ1n) is 9.31. The standard InChI is InChI=1S/C22H22N6/c1-3-20-12-21(27-22(26-20)17-7-9-23-10-8-17)24-13-16-5-4-6-18(11-16)19-14-25-28(2)15-19/h4-12,14-15H,3,13H2,1-2H3,(H,24,26,27). The SMILES string of the molecule is CCc1cc(NCc2cccc(-c3cnn(C)c3)c2)nc(-c2ccncc2)n1. The topological polar surface area (TPSA) is 68.5 Å². The maximum atomic E-state index is 4.69. The van der Waals surface area contributed by atoms with Gasteiger partial charge in [0.15, 0.2) is 5.82 Å². The smallest absolute Gasteiger partial charge is 0.161 e. The fourth-order valence-corrected chi connectivity index (χ4v) is 3.02. The number of aryl methyl sites for hydroxylation is 2. The summed E-state index contributed by atoms with van der Waals surface area (Å²) in [4.78, 5) is 13.4. The highest BCUT2D eigenvalue weighted by Gasteiger charge is 2.07. The monoisotopic (exact) mass is 370 g/mol. The number of anilines is 1. The van der Waals surface area contributed by atoms with E-state index in [0.717, 1.165) is 34.6 Å². The van der Waals surface area contributed by atoms with Crippen LogP contribution >= 0.6 is 0 Å². The second-order valence-corrected chi connectivity index (χ2v) is 6.61. The minimum atomic E-state index is 0.685. The molecule has 0 saturated heterocycles. The minimum Gasteiger partial charge on any atom is -0.366 e. The Morgan fingerprint density at radius 1 is 0.964 bits per heavy atom. The zero-order chi connectivity index (χ0) is 19.3. The molecule has 3 aromatic heterocycles. The number of rotatable bonds is 6. The molecule has 6 heteroatoms. The van der Waals surface area contributed by atoms with Gasteiger partial charge in [0.2, 0.25) is 0 Å². The Morgan fingerprint density at radius 3 is 2.57 bits per heavy atom. The predicted molar refractivity (Wildman–Crippen MR) is 111 cm³/mol. The number of hydrogen-bond acceptors (Lipinski definition) is 5. The van der Waals surface area contributed by atoms with Crippen LogP contribution in [0.5, 0.6) is 0 Å². The number of aromatic nitrogens is 5. The Hall–Kier alpha value is -3.54. The van der Waals surface area contributed by atoms with Crippen LogP contribution in [0.15, 0.2) is 67.3 Å². The molecule has 28 heavy (non-hydrogen) atoms. The van der Waals surface area contributed by atoms with Gasteiger partial charge in [-0.3, -0.25) is 9.67 Å². The van der Waals surface area contributed by atoms with Crippen LogP contribution in [0.1, 0.15) is 18.2 Å². The first kappa shape index (κ1) is 17.9. The van der Waals surface area contributed by atoms with Gasteiger partial charge in [-0.1, -0.05) is 25.1 Å². The van der Waals surface area contributed by atoms with E-state index < -0.39 is 0 Å². The molecule has 1 aromatic carbocycles. The Labute approximate surface area is 164 Å². The fourth-order valence-electron chi connectivity index (χ4n) is 3.02. The Morgan fingerprint density at radius 2 is 1.82 bits per heavy atom. The highest BCUT2D eigenvalue weighted by molar-refractivity contribution is 5.63. The van der Waals surface area contributed by atoms with E-state index in [4.69, 9.17) is 0 Å². The highest BCUT2D eigenvalue weighted by atomic mass is 15.2. The third-order valence-electron chi connectivity index (χ3n) is 4.52. The second-order valence-electron chi connectivity index (χ2n) is 6.61. The summed E-state index contributed by atoms with van der Waals surface area (Å²) in [5.41, 5.74) is 5.42. The molecule has 0 radical (unpaired) electrons. The number of benzene rings is 1. The normalized spacial score (nSPS) is 10.8. The molecule has 0 atom stereocenters. The largest absolute Gasteiger partial charge is 0.366 e. The van der Waals surface area contributed by atoms with E-state index in [0.29, 0.717) is 12.4 Å². The number of nitrogens with one attached hydrogen (secondary N) is 1. The van der Waals surface area contributed by atoms with Crippen molar-refractivity contribution in [1.82, 2.24) is 24.7 Å². The van der Waals surface area contributed by atoms with Crippen molar-refractivity contribution in [3.8, 4) is 22.5 Å². The summed E-state index contributed by atoms with van der Waals surface area (Å²) in [6.45, 7) is 2.78. The second kappa shape index (κ2) is 8.00. The molecule has 4 rings (SSSR count). The molecule has 0 fully saturated rings. The number of hydrogen-bond donors (Lipinski definition) is 1. The summed E-state index contributed by atoms with van der Waals surface area (Å²) >= 11 is 0. The lowest BCUT2D eigenvalue weighted by molar-refractivity contribution is 0.768. The van der Waals surface area contributed by atoms with Crippen molar-refractivity contribution in [2.24, 2.45) is 7.05 Å². The van der Waals surface area contributed by atoms with E-state index in [1.54, 1.807) is 12.4 Å². The van der Waals surface area contributed by atoms with Gasteiger partial charge in [-0.05, 0) is 35.7 Å². The van der Waals surface area contributed by atoms with E-state index in [1.807, 2.05) is 42.3 Å². The summed E-state index contributed by atoms with van der Waals surface area (Å²) in [5.74, 6) is 1.54. The van der Waals surface area contributed by atoms with Gasteiger partial charge in [-0.2, -0.15) is 5.10 Å². The van der Waals surface area contributed by atoms with Gasteiger partial charge in [-0.25, -0.2) is 9.97 Å². The first-order chi connectivity index (χ1) is 13.7. The third-order valence-corrected chi connectivity index (χ3v) is 4.52. The molecule has 0 unspecified atom stereocenters. The molecule has 0 aliphatic rings. The molecule has 0 saturated carbocycles. The molecule has 4 aromatic rings. The van der Waals surface area contributed by atoms with Gasteiger partial charge in [-0.15, -0.1) is 0 Å². The van der Waals surface area contributed by atoms with Crippen LogP contribution in [0.2, 0.25) is 0 Å². The lowest BCUT2D eigenvalue weighted by Gasteiger charge is -2.10. The van der Waals surface area contributed by atoms with Gasteiger partial charge in [0.1, 0.15) is 5.82 Å². The molecule has 3 heterocycles. The van der Waals surface area contributed by atoms with E-state index in [1.165, 1.54) is 5.56 Å². The van der Waals surface area contributed by atoms with Crippen LogP contribution in [-0.4, -0.2) is 24.7 Å². The van der Waals surface area contributed by atoms with Crippen molar-refractivity contribution in [1.29, 1.82) is 0 Å². The van der Waals surface area contributed by atoms with Gasteiger partial charge in [0.05, 0.1) is 6.20 Å². The van der Waals surface area contributed by atoms with Gasteiger partial charge >= 0.3 is 0 Å². The summed E-state index contributed by atoms with van der Waals surface area (Å²) in [6.07, 6.45) is 8.27. The summed E-state index contributed by atoms with van der Waals surface area (Å²) in [6, 6.07) is 14.3. The summed E-state index contributed by atoms with van der Waals surface area (Å²) in [7, 11) is 1.93. The maximum Gasteiger partial charge on any atom is 0.161 e. The van der Waals surface area contributed by atoms with Gasteiger partial charge in [0, 0.05) is 55.1 Å². The fraction of sp³-hybridized carbons (Fsp3) is 0.182. The third kappa shape index (κ3) is 4.06. The first-order valence-corrected chi connectivity index (χ1v) is 9.31. The molecule has 6 nitrogen and oxygen atoms in total. The van der Waals surface area contributed by atoms with Crippen molar-refractivity contribution in [2.75, 3.05) is 5.32 Å². The average Bonchev–Trinajstić information content (AvgIpc) is 3.19. The zero-order valence-electron chi connectivity index (χ0n) is 16.0. The van der Waals surface area contributed by atoms with Crippen molar-refractivity contribution in [2.45, 2.75) is 19.9 Å². The van der Waals surface area contributed by atoms with Crippen LogP contribution in [0, 0.1) is 0 Å². The molecule has 0 bridgehead atoms. The molecule has 0 spiro atoms. The molecular formula is C22H22N6. The Balaban J connectivity index is 1.55. The van der Waals surface area contributed by atoms with E-state index >= 15 is 0 Å². The predicted octanol–water partition coefficient (Wildman–Crippen LogP) is 4.11. The van der Waals surface area contributed by atoms with Crippen molar-refractivity contribution in [3.63, 3.8) is 0 Å². The van der Waals surface area contributed by atoms with Crippen molar-refractivity contribution in [3.05, 3.63) is 78.5 Å². The van der Waals surface area contributed by atoms with Crippen LogP contribution < -0.4 is 5.32 Å². The quantitative estimate of drug-likeness (QED) is 0.553. The highest BCUT2D eigenvalue weighted by Crippen LogP contribution is 2.21. The average molecular weight is 370 g/mol. The molecule has 140 valence electrons. The van der Waals surface area contributed by atoms with Crippen molar-refractivity contribution >= 4 is 5.82 Å². The minimum absolute atomic E-state index is 0.685. The lowest BCUT2D eigenvalue weighted by Crippen LogP contribution is -2.05. The van der Waals surface area contributed by atoms with Gasteiger partial charge in [0.25, 0.3) is 0 Å². The van der Waals surface area contributed by atoms with Crippen LogP contribution in [-0.2, 0) is 20.0 Å². The molecule has 0 amide bonds. The van der Waals surface area contributed by atoms with E-state index in [9.17, 15) is 0 Å². The van der Waals surface area contributed by atoms with E-state index in [-0.39, 0.29) is 0 Å². The van der Waals surface area contributed by atoms with Crippen LogP contribution in [0.25, 0.3) is 22.5 Å². The van der Waals surface area contributed by atoms with Crippen molar-refractivity contribution < 1.29 is 0 Å². The summed E-state index contributed by atoms with van der Waals surface area (Å²) in [5, 5.41) is 7.70. The molecule has 1 N–H and O–H groups in total. The summed E-state index contributed by atoms with van der Waals surface area (Å²) < 4.78 is 1.81. The number of pyridine rings is 1. The zero-order valence-corrected chi connectivity index (χ0v) is 16.0. The molecular weight excluding hydrogens is 348 g/mol. The van der Waals surface area contributed by atoms with Gasteiger partial charge < -0.3 is 5.32 Å². The van der Waals surface area contributed by atoms with Crippen LogP contribution in [0.4, 0.5) is 5.82 Å². The Kier molecular flexibility index (Phi) is 5.10. The lowest BCUT2D eigenvalue weighted by atomic mass is 10.1. The molecule has 0 aliphatic carbocycles. The number of nitrogens with zero attached hydrogens (tertiary/aromatic N) is 5. The van der Waals surface area contributed by atoms with E-state index in [2.05, 4.69) is 56.6 Å². The molecule has 0 aliphatic heterocycles. The Bertz CT molecular complexity index is 1070.